The van der Waals surface area contributed by atoms with Gasteiger partial charge in [0.05, 0.1) is 17.2 Å². The van der Waals surface area contributed by atoms with Gasteiger partial charge in [0, 0.05) is 40.0 Å². The van der Waals surface area contributed by atoms with Gasteiger partial charge >= 0.3 is 5.69 Å². The van der Waals surface area contributed by atoms with Gasteiger partial charge in [0.1, 0.15) is 10.8 Å². The molecular formula is C22H15ClN4O4S. The zero-order valence-corrected chi connectivity index (χ0v) is 18.0. The summed E-state index contributed by atoms with van der Waals surface area (Å²) in [5.74, 6) is 0.147. The van der Waals surface area contributed by atoms with E-state index in [4.69, 9.17) is 16.3 Å². The molecule has 2 aromatic heterocycles. The third-order valence-electron chi connectivity index (χ3n) is 4.39. The molecule has 0 aliphatic carbocycles. The van der Waals surface area contributed by atoms with E-state index in [1.165, 1.54) is 29.5 Å². The van der Waals surface area contributed by atoms with E-state index >= 15 is 0 Å². The number of pyridine rings is 1. The fourth-order valence-corrected chi connectivity index (χ4v) is 3.74. The smallest absolute Gasteiger partial charge is 0.313 e. The predicted molar refractivity (Wildman–Crippen MR) is 121 cm³/mol. The summed E-state index contributed by atoms with van der Waals surface area (Å²) in [7, 11) is 0. The number of benzene rings is 2. The Kier molecular flexibility index (Phi) is 6.39. The van der Waals surface area contributed by atoms with Crippen molar-refractivity contribution >= 4 is 34.5 Å². The summed E-state index contributed by atoms with van der Waals surface area (Å²) >= 11 is 7.27. The Morgan fingerprint density at radius 3 is 2.59 bits per heavy atom. The second-order valence-corrected chi connectivity index (χ2v) is 7.92. The van der Waals surface area contributed by atoms with Crippen LogP contribution in [0.25, 0.3) is 11.3 Å². The molecule has 32 heavy (non-hydrogen) atoms. The lowest BCUT2D eigenvalue weighted by Crippen LogP contribution is -2.22. The van der Waals surface area contributed by atoms with Crippen LogP contribution in [0.1, 0.15) is 15.4 Å². The Morgan fingerprint density at radius 2 is 1.88 bits per heavy atom. The first-order chi connectivity index (χ1) is 15.5. The van der Waals surface area contributed by atoms with Gasteiger partial charge in [-0.3, -0.25) is 19.9 Å². The normalized spacial score (nSPS) is 10.5. The molecule has 0 radical (unpaired) electrons. The zero-order chi connectivity index (χ0) is 22.5. The first kappa shape index (κ1) is 21.4. The first-order valence-corrected chi connectivity index (χ1v) is 10.6. The second kappa shape index (κ2) is 9.54. The van der Waals surface area contributed by atoms with Crippen LogP contribution in [0.3, 0.4) is 0 Å². The average Bonchev–Trinajstić information content (AvgIpc) is 3.29. The molecule has 2 heterocycles. The number of nitro benzene ring substituents is 1. The van der Waals surface area contributed by atoms with Crippen LogP contribution in [0, 0.1) is 10.1 Å². The predicted octanol–water partition coefficient (Wildman–Crippen LogP) is 5.49. The molecule has 160 valence electrons. The lowest BCUT2D eigenvalue weighted by Gasteiger charge is -2.08. The maximum absolute atomic E-state index is 12.5. The van der Waals surface area contributed by atoms with E-state index in [2.05, 4.69) is 15.3 Å². The Hall–Kier alpha value is -3.82. The van der Waals surface area contributed by atoms with Gasteiger partial charge in [0.25, 0.3) is 5.91 Å². The van der Waals surface area contributed by atoms with Crippen LogP contribution in [0.5, 0.6) is 11.5 Å². The SMILES string of the molecule is O=C(NCc1nc(-c2ccncc2)cs1)c1ccc(Oc2ccc(Cl)cc2[N+](=O)[O-])cc1. The minimum atomic E-state index is -0.568. The zero-order valence-electron chi connectivity index (χ0n) is 16.4. The summed E-state index contributed by atoms with van der Waals surface area (Å²) in [6, 6.07) is 14.2. The first-order valence-electron chi connectivity index (χ1n) is 9.34. The molecule has 10 heteroatoms. The molecule has 4 rings (SSSR count). The summed E-state index contributed by atoms with van der Waals surface area (Å²) in [5, 5.41) is 17.0. The lowest BCUT2D eigenvalue weighted by atomic mass is 10.2. The van der Waals surface area contributed by atoms with Crippen molar-refractivity contribution in [2.45, 2.75) is 6.54 Å². The fraction of sp³-hybridized carbons (Fsp3) is 0.0455. The molecule has 0 bridgehead atoms. The number of nitrogens with zero attached hydrogens (tertiary/aromatic N) is 3. The molecule has 0 aliphatic rings. The van der Waals surface area contributed by atoms with Gasteiger partial charge in [-0.25, -0.2) is 4.98 Å². The molecular weight excluding hydrogens is 452 g/mol. The van der Waals surface area contributed by atoms with Crippen molar-refractivity contribution in [3.63, 3.8) is 0 Å². The lowest BCUT2D eigenvalue weighted by molar-refractivity contribution is -0.385. The van der Waals surface area contributed by atoms with Crippen molar-refractivity contribution in [2.24, 2.45) is 0 Å². The number of aromatic nitrogens is 2. The van der Waals surface area contributed by atoms with E-state index < -0.39 is 4.92 Å². The Balaban J connectivity index is 1.38. The molecule has 0 unspecified atom stereocenters. The highest BCUT2D eigenvalue weighted by Crippen LogP contribution is 2.33. The third-order valence-corrected chi connectivity index (χ3v) is 5.47. The van der Waals surface area contributed by atoms with Gasteiger partial charge in [-0.05, 0) is 48.5 Å². The van der Waals surface area contributed by atoms with Crippen molar-refractivity contribution < 1.29 is 14.5 Å². The topological polar surface area (TPSA) is 107 Å². The van der Waals surface area contributed by atoms with Crippen molar-refractivity contribution in [3.8, 4) is 22.8 Å². The van der Waals surface area contributed by atoms with Crippen LogP contribution < -0.4 is 10.1 Å². The minimum Gasteiger partial charge on any atom is -0.450 e. The number of amides is 1. The molecule has 4 aromatic rings. The van der Waals surface area contributed by atoms with Crippen molar-refractivity contribution in [2.75, 3.05) is 0 Å². The van der Waals surface area contributed by atoms with Crippen molar-refractivity contribution in [1.82, 2.24) is 15.3 Å². The van der Waals surface area contributed by atoms with E-state index in [-0.39, 0.29) is 22.4 Å². The van der Waals surface area contributed by atoms with Crippen molar-refractivity contribution in [1.29, 1.82) is 0 Å². The summed E-state index contributed by atoms with van der Waals surface area (Å²) in [5.41, 5.74) is 1.98. The molecule has 1 amide bonds. The van der Waals surface area contributed by atoms with E-state index in [1.54, 1.807) is 36.7 Å². The van der Waals surface area contributed by atoms with Gasteiger partial charge in [0.2, 0.25) is 5.75 Å². The number of nitrogens with one attached hydrogen (secondary N) is 1. The monoisotopic (exact) mass is 466 g/mol. The Labute approximate surface area is 191 Å². The standard InChI is InChI=1S/C22H15ClN4O4S/c23-16-3-6-20(19(11-16)27(29)30)31-17-4-1-15(2-5-17)22(28)25-12-21-26-18(13-32-21)14-7-9-24-10-8-14/h1-11,13H,12H2,(H,25,28). The number of hydrogen-bond acceptors (Lipinski definition) is 7. The van der Waals surface area contributed by atoms with Crippen LogP contribution in [-0.2, 0) is 6.54 Å². The number of thiazole rings is 1. The summed E-state index contributed by atoms with van der Waals surface area (Å²) in [6.45, 7) is 0.295. The third kappa shape index (κ3) is 5.08. The molecule has 0 aliphatic heterocycles. The number of hydrogen-bond donors (Lipinski definition) is 1. The van der Waals surface area contributed by atoms with E-state index in [0.717, 1.165) is 16.3 Å². The van der Waals surface area contributed by atoms with Gasteiger partial charge in [-0.1, -0.05) is 11.6 Å². The average molecular weight is 467 g/mol. The van der Waals surface area contributed by atoms with Crippen LogP contribution in [0.2, 0.25) is 5.02 Å². The maximum atomic E-state index is 12.5. The molecule has 0 fully saturated rings. The molecule has 1 N–H and O–H groups in total. The number of halogens is 1. The Bertz CT molecular complexity index is 1260. The highest BCUT2D eigenvalue weighted by Gasteiger charge is 2.17. The number of carbonyl (C=O) groups is 1. The second-order valence-electron chi connectivity index (χ2n) is 6.54. The highest BCUT2D eigenvalue weighted by atomic mass is 35.5. The van der Waals surface area contributed by atoms with E-state index in [0.29, 0.717) is 17.9 Å². The van der Waals surface area contributed by atoms with Crippen molar-refractivity contribution in [3.05, 3.63) is 98.1 Å². The van der Waals surface area contributed by atoms with Crippen LogP contribution in [-0.4, -0.2) is 20.8 Å². The Morgan fingerprint density at radius 1 is 1.12 bits per heavy atom. The minimum absolute atomic E-state index is 0.0605. The number of rotatable bonds is 7. The van der Waals surface area contributed by atoms with Crippen LogP contribution in [0.15, 0.2) is 72.4 Å². The van der Waals surface area contributed by atoms with E-state index in [1.807, 2.05) is 17.5 Å². The summed E-state index contributed by atoms with van der Waals surface area (Å²) in [6.07, 6.45) is 3.41. The fourth-order valence-electron chi connectivity index (χ4n) is 2.83. The molecule has 0 saturated heterocycles. The van der Waals surface area contributed by atoms with Crippen LogP contribution >= 0.6 is 22.9 Å². The van der Waals surface area contributed by atoms with E-state index in [9.17, 15) is 14.9 Å². The summed E-state index contributed by atoms with van der Waals surface area (Å²) < 4.78 is 5.59. The van der Waals surface area contributed by atoms with Gasteiger partial charge < -0.3 is 10.1 Å². The molecule has 2 aromatic carbocycles. The molecule has 0 atom stereocenters. The maximum Gasteiger partial charge on any atom is 0.313 e. The number of carbonyl (C=O) groups excluding carboxylic acids is 1. The van der Waals surface area contributed by atoms with Gasteiger partial charge in [0.15, 0.2) is 0 Å². The van der Waals surface area contributed by atoms with Gasteiger partial charge in [-0.2, -0.15) is 0 Å². The number of nitro groups is 1. The van der Waals surface area contributed by atoms with Crippen LogP contribution in [0.4, 0.5) is 5.69 Å². The summed E-state index contributed by atoms with van der Waals surface area (Å²) in [4.78, 5) is 31.6. The van der Waals surface area contributed by atoms with Gasteiger partial charge in [-0.15, -0.1) is 11.3 Å². The quantitative estimate of drug-likeness (QED) is 0.285. The number of ether oxygens (including phenoxy) is 1. The largest absolute Gasteiger partial charge is 0.450 e. The highest BCUT2D eigenvalue weighted by molar-refractivity contribution is 7.09. The molecule has 8 nitrogen and oxygen atoms in total. The molecule has 0 spiro atoms. The molecule has 0 saturated carbocycles.